The molecule has 0 aromatic heterocycles. The summed E-state index contributed by atoms with van der Waals surface area (Å²) in [6.45, 7) is 0.216. The van der Waals surface area contributed by atoms with Crippen LogP contribution in [0.15, 0.2) is 42.5 Å². The van der Waals surface area contributed by atoms with Crippen molar-refractivity contribution >= 4 is 16.5 Å². The lowest BCUT2D eigenvalue weighted by Gasteiger charge is -2.03. The van der Waals surface area contributed by atoms with E-state index in [1.165, 1.54) is 0 Å². The molecule has 2 nitrogen and oxygen atoms in total. The Hall–Kier alpha value is -2.01. The van der Waals surface area contributed by atoms with Crippen LogP contribution in [0.5, 0.6) is 0 Å². The molecule has 67 valence electrons. The van der Waals surface area contributed by atoms with Gasteiger partial charge in [0.25, 0.3) is 0 Å². The first-order chi connectivity index (χ1) is 6.92. The van der Waals surface area contributed by atoms with E-state index < -0.39 is 0 Å². The highest BCUT2D eigenvalue weighted by Gasteiger charge is 1.99. The van der Waals surface area contributed by atoms with Crippen LogP contribution >= 0.6 is 0 Å². The second-order valence-electron chi connectivity index (χ2n) is 2.97. The number of hydrogen-bond acceptors (Lipinski definition) is 1. The van der Waals surface area contributed by atoms with Gasteiger partial charge in [0, 0.05) is 5.39 Å². The molecule has 0 aliphatic rings. The quantitative estimate of drug-likeness (QED) is 0.656. The first-order valence-electron chi connectivity index (χ1n) is 4.44. The van der Waals surface area contributed by atoms with Gasteiger partial charge in [-0.05, 0) is 11.5 Å². The lowest BCUT2D eigenvalue weighted by Crippen LogP contribution is -1.96. The second-order valence-corrected chi connectivity index (χ2v) is 2.97. The van der Waals surface area contributed by atoms with Crippen molar-refractivity contribution in [3.05, 3.63) is 42.5 Å². The molecule has 14 heavy (non-hydrogen) atoms. The molecule has 0 saturated heterocycles. The minimum atomic E-state index is 0.216. The van der Waals surface area contributed by atoms with Crippen molar-refractivity contribution in [1.29, 1.82) is 5.26 Å². The highest BCUT2D eigenvalue weighted by Crippen LogP contribution is 2.22. The summed E-state index contributed by atoms with van der Waals surface area (Å²) in [5.74, 6) is 0. The minimum Gasteiger partial charge on any atom is -0.270 e. The maximum absolute atomic E-state index is 8.46. The van der Waals surface area contributed by atoms with Gasteiger partial charge in [0.05, 0.1) is 11.8 Å². The van der Waals surface area contributed by atoms with Crippen molar-refractivity contribution < 1.29 is 0 Å². The molecule has 0 bridgehead atoms. The van der Waals surface area contributed by atoms with Gasteiger partial charge in [0.1, 0.15) is 6.54 Å². The Labute approximate surface area is 82.8 Å². The lowest BCUT2D eigenvalue weighted by atomic mass is 10.1. The normalized spacial score (nSPS) is 9.64. The van der Waals surface area contributed by atoms with Gasteiger partial charge in [0.15, 0.2) is 0 Å². The van der Waals surface area contributed by atoms with Gasteiger partial charge >= 0.3 is 0 Å². The molecule has 2 aromatic rings. The van der Waals surface area contributed by atoms with Crippen molar-refractivity contribution in [2.45, 2.75) is 0 Å². The second kappa shape index (κ2) is 3.80. The van der Waals surface area contributed by atoms with E-state index in [-0.39, 0.29) is 6.54 Å². The largest absolute Gasteiger partial charge is 0.270 e. The minimum absolute atomic E-state index is 0.216. The number of fused-ring (bicyclic) bond motifs is 1. The number of rotatable bonds is 2. The van der Waals surface area contributed by atoms with Crippen LogP contribution in [-0.2, 0) is 0 Å². The molecule has 0 unspecified atom stereocenters. The third-order valence-electron chi connectivity index (χ3n) is 2.09. The zero-order valence-corrected chi connectivity index (χ0v) is 7.64. The van der Waals surface area contributed by atoms with Crippen LogP contribution in [0.1, 0.15) is 0 Å². The molecule has 0 N–H and O–H groups in total. The van der Waals surface area contributed by atoms with Gasteiger partial charge in [-0.25, -0.2) is 0 Å². The Morgan fingerprint density at radius 1 is 1.07 bits per heavy atom. The van der Waals surface area contributed by atoms with Gasteiger partial charge < -0.3 is 0 Å². The summed E-state index contributed by atoms with van der Waals surface area (Å²) in [7, 11) is 0. The maximum atomic E-state index is 8.46. The highest BCUT2D eigenvalue weighted by atomic mass is 14.9. The van der Waals surface area contributed by atoms with Crippen molar-refractivity contribution in [3.8, 4) is 6.07 Å². The Morgan fingerprint density at radius 2 is 1.86 bits per heavy atom. The molecule has 0 aliphatic carbocycles. The van der Waals surface area contributed by atoms with Crippen molar-refractivity contribution in [2.24, 2.45) is 0 Å². The lowest BCUT2D eigenvalue weighted by molar-refractivity contribution is 0.994. The molecule has 0 aliphatic heterocycles. The van der Waals surface area contributed by atoms with Gasteiger partial charge in [-0.15, -0.1) is 0 Å². The molecule has 2 rings (SSSR count). The van der Waals surface area contributed by atoms with Crippen molar-refractivity contribution in [3.63, 3.8) is 0 Å². The van der Waals surface area contributed by atoms with E-state index in [1.807, 2.05) is 48.5 Å². The first kappa shape index (κ1) is 8.58. The van der Waals surface area contributed by atoms with Gasteiger partial charge in [-0.3, -0.25) is 5.32 Å². The molecule has 0 amide bonds. The van der Waals surface area contributed by atoms with E-state index in [0.717, 1.165) is 16.5 Å². The number of hydrogen-bond donors (Lipinski definition) is 0. The Morgan fingerprint density at radius 3 is 2.71 bits per heavy atom. The zero-order valence-electron chi connectivity index (χ0n) is 7.64. The van der Waals surface area contributed by atoms with Crippen LogP contribution in [0.25, 0.3) is 10.8 Å². The fourth-order valence-electron chi connectivity index (χ4n) is 1.47. The number of benzene rings is 2. The molecule has 0 atom stereocenters. The molecule has 0 saturated carbocycles. The molecular weight excluding hydrogens is 172 g/mol. The summed E-state index contributed by atoms with van der Waals surface area (Å²) in [5.41, 5.74) is 0.893. The first-order valence-corrected chi connectivity index (χ1v) is 4.44. The predicted octanol–water partition coefficient (Wildman–Crippen LogP) is 2.60. The summed E-state index contributed by atoms with van der Waals surface area (Å²) in [6.07, 6.45) is 0. The summed E-state index contributed by atoms with van der Waals surface area (Å²) in [4.78, 5) is 0. The van der Waals surface area contributed by atoms with Crippen molar-refractivity contribution in [2.75, 3.05) is 6.54 Å². The molecule has 2 aromatic carbocycles. The smallest absolute Gasteiger partial charge is 0.126 e. The summed E-state index contributed by atoms with van der Waals surface area (Å²) >= 11 is 0. The topological polar surface area (TPSA) is 37.9 Å². The van der Waals surface area contributed by atoms with E-state index in [9.17, 15) is 0 Å². The van der Waals surface area contributed by atoms with Crippen LogP contribution in [0.2, 0.25) is 0 Å². The Balaban J connectivity index is 2.49. The zero-order chi connectivity index (χ0) is 9.80. The van der Waals surface area contributed by atoms with Crippen molar-refractivity contribution in [1.82, 2.24) is 5.32 Å². The molecule has 0 heterocycles. The van der Waals surface area contributed by atoms with E-state index >= 15 is 0 Å². The molecule has 0 fully saturated rings. The van der Waals surface area contributed by atoms with Gasteiger partial charge in [-0.1, -0.05) is 36.4 Å². The third-order valence-corrected chi connectivity index (χ3v) is 2.09. The van der Waals surface area contributed by atoms with E-state index in [2.05, 4.69) is 5.32 Å². The number of nitrogens with zero attached hydrogens (tertiary/aromatic N) is 2. The van der Waals surface area contributed by atoms with E-state index in [4.69, 9.17) is 5.26 Å². The Kier molecular flexibility index (Phi) is 2.33. The third kappa shape index (κ3) is 1.53. The SMILES string of the molecule is N#CC[N]c1cccc2ccccc12. The molecule has 0 spiro atoms. The fraction of sp³-hybridized carbons (Fsp3) is 0.0833. The Bertz CT molecular complexity index is 478. The standard InChI is InChI=1S/C12H9N2/c13-8-9-14-12-7-3-5-10-4-1-2-6-11(10)12/h1-7H,9H2. The van der Waals surface area contributed by atoms with Gasteiger partial charge in [-0.2, -0.15) is 5.26 Å². The average Bonchev–Trinajstić information content (AvgIpc) is 2.26. The predicted molar refractivity (Wildman–Crippen MR) is 56.2 cm³/mol. The monoisotopic (exact) mass is 181 g/mol. The van der Waals surface area contributed by atoms with Crippen LogP contribution in [0.4, 0.5) is 5.69 Å². The maximum Gasteiger partial charge on any atom is 0.126 e. The summed E-state index contributed by atoms with van der Waals surface area (Å²) in [6, 6.07) is 16.0. The molecule has 1 radical (unpaired) electrons. The summed E-state index contributed by atoms with van der Waals surface area (Å²) < 4.78 is 0. The van der Waals surface area contributed by atoms with Crippen LogP contribution in [0, 0.1) is 11.3 Å². The number of nitriles is 1. The highest BCUT2D eigenvalue weighted by molar-refractivity contribution is 5.92. The average molecular weight is 181 g/mol. The van der Waals surface area contributed by atoms with Crippen LogP contribution in [0.3, 0.4) is 0 Å². The molecular formula is C12H9N2. The fourth-order valence-corrected chi connectivity index (χ4v) is 1.47. The van der Waals surface area contributed by atoms with Crippen LogP contribution < -0.4 is 5.32 Å². The van der Waals surface area contributed by atoms with E-state index in [1.54, 1.807) is 0 Å². The van der Waals surface area contributed by atoms with Gasteiger partial charge in [0.2, 0.25) is 0 Å². The molecule has 2 heteroatoms. The summed E-state index contributed by atoms with van der Waals surface area (Å²) in [5, 5.41) is 14.9. The van der Waals surface area contributed by atoms with Crippen LogP contribution in [-0.4, -0.2) is 6.54 Å². The van der Waals surface area contributed by atoms with E-state index in [0.29, 0.717) is 0 Å².